The second-order valence-corrected chi connectivity index (χ2v) is 6.30. The fourth-order valence-corrected chi connectivity index (χ4v) is 2.90. The highest BCUT2D eigenvalue weighted by Crippen LogP contribution is 2.25. The van der Waals surface area contributed by atoms with Crippen molar-refractivity contribution in [2.24, 2.45) is 0 Å². The van der Waals surface area contributed by atoms with Crippen molar-refractivity contribution in [3.63, 3.8) is 0 Å². The van der Waals surface area contributed by atoms with Crippen LogP contribution >= 0.6 is 0 Å². The summed E-state index contributed by atoms with van der Waals surface area (Å²) in [6.45, 7) is 6.62. The maximum absolute atomic E-state index is 12.1. The SMILES string of the molecule is Cc1ccc(C)c(OCC(=O)NCCc2coc3ccccc23)c1C. The van der Waals surface area contributed by atoms with Crippen LogP contribution in [0.2, 0.25) is 0 Å². The summed E-state index contributed by atoms with van der Waals surface area (Å²) in [6, 6.07) is 12.0. The molecule has 0 fully saturated rings. The minimum atomic E-state index is -0.117. The highest BCUT2D eigenvalue weighted by Gasteiger charge is 2.10. The van der Waals surface area contributed by atoms with Crippen molar-refractivity contribution in [3.05, 3.63) is 64.9 Å². The molecular weight excluding hydrogens is 314 g/mol. The minimum Gasteiger partial charge on any atom is -0.483 e. The molecule has 0 spiro atoms. The van der Waals surface area contributed by atoms with Crippen LogP contribution in [0.15, 0.2) is 47.1 Å². The van der Waals surface area contributed by atoms with E-state index in [0.717, 1.165) is 45.4 Å². The highest BCUT2D eigenvalue weighted by molar-refractivity contribution is 5.81. The number of carbonyl (C=O) groups excluding carboxylic acids is 1. The number of para-hydroxylation sites is 1. The molecule has 1 heterocycles. The lowest BCUT2D eigenvalue weighted by Crippen LogP contribution is -2.30. The molecule has 130 valence electrons. The first-order valence-electron chi connectivity index (χ1n) is 8.47. The van der Waals surface area contributed by atoms with Crippen molar-refractivity contribution >= 4 is 16.9 Å². The van der Waals surface area contributed by atoms with Gasteiger partial charge in [-0.25, -0.2) is 0 Å². The molecule has 3 aromatic rings. The van der Waals surface area contributed by atoms with E-state index in [1.807, 2.05) is 51.1 Å². The van der Waals surface area contributed by atoms with E-state index >= 15 is 0 Å². The number of benzene rings is 2. The van der Waals surface area contributed by atoms with E-state index < -0.39 is 0 Å². The third-order valence-electron chi connectivity index (χ3n) is 4.50. The van der Waals surface area contributed by atoms with Crippen LogP contribution in [0.5, 0.6) is 5.75 Å². The molecule has 0 saturated carbocycles. The highest BCUT2D eigenvalue weighted by atomic mass is 16.5. The van der Waals surface area contributed by atoms with E-state index in [2.05, 4.69) is 11.4 Å². The Bertz CT molecular complexity index is 895. The lowest BCUT2D eigenvalue weighted by atomic mass is 10.1. The van der Waals surface area contributed by atoms with Gasteiger partial charge in [-0.1, -0.05) is 30.3 Å². The maximum atomic E-state index is 12.1. The molecule has 0 radical (unpaired) electrons. The van der Waals surface area contributed by atoms with Crippen molar-refractivity contribution in [3.8, 4) is 5.75 Å². The van der Waals surface area contributed by atoms with Gasteiger partial charge in [0, 0.05) is 11.9 Å². The lowest BCUT2D eigenvalue weighted by molar-refractivity contribution is -0.123. The molecule has 0 aliphatic rings. The van der Waals surface area contributed by atoms with Crippen molar-refractivity contribution < 1.29 is 13.9 Å². The van der Waals surface area contributed by atoms with Gasteiger partial charge in [-0.3, -0.25) is 4.79 Å². The van der Waals surface area contributed by atoms with E-state index in [1.54, 1.807) is 6.26 Å². The molecule has 3 rings (SSSR count). The average Bonchev–Trinajstić information content (AvgIpc) is 3.02. The minimum absolute atomic E-state index is 0.0251. The summed E-state index contributed by atoms with van der Waals surface area (Å²) in [5, 5.41) is 4.00. The van der Waals surface area contributed by atoms with Crippen molar-refractivity contribution in [2.45, 2.75) is 27.2 Å². The first kappa shape index (κ1) is 17.1. The predicted molar refractivity (Wildman–Crippen MR) is 99.1 cm³/mol. The van der Waals surface area contributed by atoms with Crippen molar-refractivity contribution in [1.82, 2.24) is 5.32 Å². The molecule has 0 saturated heterocycles. The molecule has 4 heteroatoms. The fraction of sp³-hybridized carbons (Fsp3) is 0.286. The number of amides is 1. The smallest absolute Gasteiger partial charge is 0.257 e. The summed E-state index contributed by atoms with van der Waals surface area (Å²) >= 11 is 0. The number of furan rings is 1. The molecule has 1 amide bonds. The van der Waals surface area contributed by atoms with Gasteiger partial charge in [-0.2, -0.15) is 0 Å². The van der Waals surface area contributed by atoms with Crippen LogP contribution < -0.4 is 10.1 Å². The molecular formula is C21H23NO3. The molecule has 1 N–H and O–H groups in total. The van der Waals surface area contributed by atoms with Gasteiger partial charge in [-0.05, 0) is 55.5 Å². The largest absolute Gasteiger partial charge is 0.483 e. The number of fused-ring (bicyclic) bond motifs is 1. The first-order valence-corrected chi connectivity index (χ1v) is 8.47. The summed E-state index contributed by atoms with van der Waals surface area (Å²) in [5.41, 5.74) is 5.26. The van der Waals surface area contributed by atoms with E-state index in [0.29, 0.717) is 6.54 Å². The average molecular weight is 337 g/mol. The van der Waals surface area contributed by atoms with Crippen LogP contribution in [0.1, 0.15) is 22.3 Å². The van der Waals surface area contributed by atoms with Crippen LogP contribution in [-0.4, -0.2) is 19.1 Å². The Hall–Kier alpha value is -2.75. The number of aryl methyl sites for hydroxylation is 2. The van der Waals surface area contributed by atoms with Gasteiger partial charge in [-0.15, -0.1) is 0 Å². The third kappa shape index (κ3) is 3.85. The second kappa shape index (κ2) is 7.43. The normalized spacial score (nSPS) is 10.8. The number of ether oxygens (including phenoxy) is 1. The number of hydrogen-bond acceptors (Lipinski definition) is 3. The Labute approximate surface area is 147 Å². The van der Waals surface area contributed by atoms with Crippen molar-refractivity contribution in [1.29, 1.82) is 0 Å². The molecule has 0 atom stereocenters. The standard InChI is InChI=1S/C21H23NO3/c1-14-8-9-15(2)21(16(14)3)25-13-20(23)22-11-10-17-12-24-19-7-5-4-6-18(17)19/h4-9,12H,10-11,13H2,1-3H3,(H,22,23). The van der Waals surface area contributed by atoms with Crippen LogP contribution in [0.3, 0.4) is 0 Å². The van der Waals surface area contributed by atoms with Gasteiger partial charge in [0.1, 0.15) is 11.3 Å². The molecule has 2 aromatic carbocycles. The van der Waals surface area contributed by atoms with Crippen LogP contribution in [-0.2, 0) is 11.2 Å². The zero-order valence-corrected chi connectivity index (χ0v) is 14.9. The van der Waals surface area contributed by atoms with Crippen LogP contribution in [0.25, 0.3) is 11.0 Å². The molecule has 1 aromatic heterocycles. The zero-order valence-electron chi connectivity index (χ0n) is 14.9. The van der Waals surface area contributed by atoms with Crippen LogP contribution in [0.4, 0.5) is 0 Å². The second-order valence-electron chi connectivity index (χ2n) is 6.30. The van der Waals surface area contributed by atoms with E-state index in [1.165, 1.54) is 0 Å². The number of carbonyl (C=O) groups is 1. The Balaban J connectivity index is 1.51. The summed E-state index contributed by atoms with van der Waals surface area (Å²) in [4.78, 5) is 12.1. The molecule has 0 bridgehead atoms. The molecule has 0 aliphatic carbocycles. The molecule has 0 aliphatic heterocycles. The molecule has 0 unspecified atom stereocenters. The Morgan fingerprint density at radius 3 is 2.68 bits per heavy atom. The first-order chi connectivity index (χ1) is 12.1. The summed E-state index contributed by atoms with van der Waals surface area (Å²) in [5.74, 6) is 0.684. The van der Waals surface area contributed by atoms with Gasteiger partial charge < -0.3 is 14.5 Å². The lowest BCUT2D eigenvalue weighted by Gasteiger charge is -2.13. The maximum Gasteiger partial charge on any atom is 0.257 e. The Kier molecular flexibility index (Phi) is 5.08. The number of nitrogens with one attached hydrogen (secondary N) is 1. The van der Waals surface area contributed by atoms with Gasteiger partial charge >= 0.3 is 0 Å². The van der Waals surface area contributed by atoms with Gasteiger partial charge in [0.05, 0.1) is 6.26 Å². The van der Waals surface area contributed by atoms with Gasteiger partial charge in [0.2, 0.25) is 0 Å². The van der Waals surface area contributed by atoms with E-state index in [-0.39, 0.29) is 12.5 Å². The Morgan fingerprint density at radius 1 is 1.08 bits per heavy atom. The third-order valence-corrected chi connectivity index (χ3v) is 4.50. The van der Waals surface area contributed by atoms with E-state index in [4.69, 9.17) is 9.15 Å². The van der Waals surface area contributed by atoms with Gasteiger partial charge in [0.15, 0.2) is 6.61 Å². The molecule has 4 nitrogen and oxygen atoms in total. The fourth-order valence-electron chi connectivity index (χ4n) is 2.90. The quantitative estimate of drug-likeness (QED) is 0.737. The number of hydrogen-bond donors (Lipinski definition) is 1. The monoisotopic (exact) mass is 337 g/mol. The summed E-state index contributed by atoms with van der Waals surface area (Å²) in [7, 11) is 0. The molecule has 25 heavy (non-hydrogen) atoms. The van der Waals surface area contributed by atoms with Crippen LogP contribution in [0, 0.1) is 20.8 Å². The summed E-state index contributed by atoms with van der Waals surface area (Å²) in [6.07, 6.45) is 2.48. The zero-order chi connectivity index (χ0) is 17.8. The number of rotatable bonds is 6. The Morgan fingerprint density at radius 2 is 1.84 bits per heavy atom. The topological polar surface area (TPSA) is 51.5 Å². The van der Waals surface area contributed by atoms with Gasteiger partial charge in [0.25, 0.3) is 5.91 Å². The van der Waals surface area contributed by atoms with Crippen molar-refractivity contribution in [2.75, 3.05) is 13.2 Å². The van der Waals surface area contributed by atoms with E-state index in [9.17, 15) is 4.79 Å². The predicted octanol–water partition coefficient (Wildman–Crippen LogP) is 4.10. The summed E-state index contributed by atoms with van der Waals surface area (Å²) < 4.78 is 11.2.